The minimum atomic E-state index is 0.531. The molecule has 0 saturated carbocycles. The Hall–Kier alpha value is -1.20. The lowest BCUT2D eigenvalue weighted by molar-refractivity contribution is 0.289. The Kier molecular flexibility index (Phi) is 4.45. The largest absolute Gasteiger partial charge is 0.492 e. The minimum absolute atomic E-state index is 0.531. The number of rotatable bonds is 4. The predicted octanol–water partition coefficient (Wildman–Crippen LogP) is 3.64. The molecule has 0 bridgehead atoms. The number of benzene rings is 1. The van der Waals surface area contributed by atoms with Crippen LogP contribution in [0.2, 0.25) is 5.02 Å². The summed E-state index contributed by atoms with van der Waals surface area (Å²) >= 11 is 5.83. The van der Waals surface area contributed by atoms with Gasteiger partial charge in [-0.25, -0.2) is 0 Å². The van der Waals surface area contributed by atoms with Gasteiger partial charge in [0.15, 0.2) is 0 Å². The molecule has 0 atom stereocenters. The van der Waals surface area contributed by atoms with Gasteiger partial charge in [0.25, 0.3) is 0 Å². The molecular formula is C12H14ClNO. The number of nitriles is 1. The normalized spacial score (nSPS) is 10.1. The van der Waals surface area contributed by atoms with Crippen LogP contribution in [0.1, 0.15) is 25.8 Å². The molecule has 0 spiro atoms. The van der Waals surface area contributed by atoms with Crippen molar-refractivity contribution >= 4 is 11.6 Å². The molecule has 2 nitrogen and oxygen atoms in total. The van der Waals surface area contributed by atoms with E-state index in [1.54, 1.807) is 18.2 Å². The van der Waals surface area contributed by atoms with Gasteiger partial charge in [0, 0.05) is 11.1 Å². The quantitative estimate of drug-likeness (QED) is 0.781. The van der Waals surface area contributed by atoms with Crippen LogP contribution in [0.15, 0.2) is 18.2 Å². The average Bonchev–Trinajstić information content (AvgIpc) is 2.17. The van der Waals surface area contributed by atoms with Gasteiger partial charge in [-0.15, -0.1) is 0 Å². The zero-order valence-electron chi connectivity index (χ0n) is 8.96. The first kappa shape index (κ1) is 11.9. The highest BCUT2D eigenvalue weighted by atomic mass is 35.5. The molecule has 80 valence electrons. The summed E-state index contributed by atoms with van der Waals surface area (Å²) < 4.78 is 5.51. The molecule has 3 heteroatoms. The summed E-state index contributed by atoms with van der Waals surface area (Å²) in [5.41, 5.74) is 0.531. The highest BCUT2D eigenvalue weighted by molar-refractivity contribution is 6.30. The van der Waals surface area contributed by atoms with E-state index >= 15 is 0 Å². The molecule has 15 heavy (non-hydrogen) atoms. The van der Waals surface area contributed by atoms with Crippen LogP contribution in [-0.2, 0) is 0 Å². The zero-order chi connectivity index (χ0) is 11.3. The van der Waals surface area contributed by atoms with E-state index in [-0.39, 0.29) is 0 Å². The number of hydrogen-bond acceptors (Lipinski definition) is 2. The Labute approximate surface area is 95.4 Å². The van der Waals surface area contributed by atoms with Gasteiger partial charge in [-0.3, -0.25) is 0 Å². The van der Waals surface area contributed by atoms with Crippen LogP contribution < -0.4 is 4.74 Å². The third kappa shape index (κ3) is 3.81. The van der Waals surface area contributed by atoms with Crippen LogP contribution in [0.4, 0.5) is 0 Å². The van der Waals surface area contributed by atoms with Crippen molar-refractivity contribution in [2.24, 2.45) is 5.92 Å². The Balaban J connectivity index is 2.67. The van der Waals surface area contributed by atoms with E-state index < -0.39 is 0 Å². The molecule has 0 aromatic heterocycles. The highest BCUT2D eigenvalue weighted by Gasteiger charge is 2.04. The summed E-state index contributed by atoms with van der Waals surface area (Å²) in [6, 6.07) is 7.12. The van der Waals surface area contributed by atoms with E-state index in [0.29, 0.717) is 28.9 Å². The van der Waals surface area contributed by atoms with Crippen molar-refractivity contribution in [2.75, 3.05) is 6.61 Å². The Bertz CT molecular complexity index is 368. The first-order valence-corrected chi connectivity index (χ1v) is 5.33. The second-order valence-electron chi connectivity index (χ2n) is 3.78. The molecule has 0 unspecified atom stereocenters. The Morgan fingerprint density at radius 2 is 2.20 bits per heavy atom. The van der Waals surface area contributed by atoms with Crippen molar-refractivity contribution in [3.8, 4) is 11.8 Å². The number of ether oxygens (including phenoxy) is 1. The van der Waals surface area contributed by atoms with E-state index in [4.69, 9.17) is 21.6 Å². The second kappa shape index (κ2) is 5.63. The van der Waals surface area contributed by atoms with Crippen molar-refractivity contribution in [2.45, 2.75) is 20.3 Å². The molecule has 0 aliphatic heterocycles. The van der Waals surface area contributed by atoms with Crippen LogP contribution >= 0.6 is 11.6 Å². The fourth-order valence-electron chi connectivity index (χ4n) is 1.11. The van der Waals surface area contributed by atoms with Gasteiger partial charge in [-0.05, 0) is 24.5 Å². The van der Waals surface area contributed by atoms with Crippen LogP contribution in [-0.4, -0.2) is 6.61 Å². The molecule has 0 radical (unpaired) electrons. The van der Waals surface area contributed by atoms with E-state index in [0.717, 1.165) is 6.42 Å². The Morgan fingerprint density at radius 3 is 2.80 bits per heavy atom. The molecule has 0 aliphatic carbocycles. The van der Waals surface area contributed by atoms with Crippen molar-refractivity contribution in [3.05, 3.63) is 28.8 Å². The lowest BCUT2D eigenvalue weighted by Crippen LogP contribution is -2.02. The topological polar surface area (TPSA) is 33.0 Å². The molecule has 0 heterocycles. The molecule has 1 aromatic carbocycles. The number of hydrogen-bond donors (Lipinski definition) is 0. The summed E-state index contributed by atoms with van der Waals surface area (Å²) in [5.74, 6) is 1.17. The van der Waals surface area contributed by atoms with E-state index in [2.05, 4.69) is 19.9 Å². The minimum Gasteiger partial charge on any atom is -0.492 e. The lowest BCUT2D eigenvalue weighted by Gasteiger charge is -2.09. The maximum atomic E-state index is 8.84. The summed E-state index contributed by atoms with van der Waals surface area (Å²) in [5, 5.41) is 9.44. The first-order valence-electron chi connectivity index (χ1n) is 4.96. The molecule has 0 fully saturated rings. The van der Waals surface area contributed by atoms with Crippen molar-refractivity contribution in [3.63, 3.8) is 0 Å². The third-order valence-corrected chi connectivity index (χ3v) is 2.25. The second-order valence-corrected chi connectivity index (χ2v) is 4.22. The van der Waals surface area contributed by atoms with E-state index in [9.17, 15) is 0 Å². The van der Waals surface area contributed by atoms with E-state index in [1.165, 1.54) is 0 Å². The number of halogens is 1. The fraction of sp³-hybridized carbons (Fsp3) is 0.417. The van der Waals surface area contributed by atoms with Crippen molar-refractivity contribution in [1.29, 1.82) is 5.26 Å². The van der Waals surface area contributed by atoms with Gasteiger partial charge in [0.1, 0.15) is 11.8 Å². The van der Waals surface area contributed by atoms with Crippen molar-refractivity contribution < 1.29 is 4.74 Å². The molecule has 1 rings (SSSR count). The molecule has 0 saturated heterocycles. The Morgan fingerprint density at radius 1 is 1.47 bits per heavy atom. The van der Waals surface area contributed by atoms with Crippen LogP contribution in [0.5, 0.6) is 5.75 Å². The maximum Gasteiger partial charge on any atom is 0.138 e. The monoisotopic (exact) mass is 223 g/mol. The van der Waals surface area contributed by atoms with Gasteiger partial charge in [0.05, 0.1) is 12.2 Å². The highest BCUT2D eigenvalue weighted by Crippen LogP contribution is 2.23. The standard InChI is InChI=1S/C12H14ClNO/c1-9(2)5-6-15-12-7-11(13)4-3-10(12)8-14/h3-4,7,9H,5-6H2,1-2H3. The summed E-state index contributed by atoms with van der Waals surface area (Å²) in [4.78, 5) is 0. The smallest absolute Gasteiger partial charge is 0.138 e. The lowest BCUT2D eigenvalue weighted by atomic mass is 10.1. The van der Waals surface area contributed by atoms with Crippen LogP contribution in [0.3, 0.4) is 0 Å². The first-order chi connectivity index (χ1) is 7.13. The summed E-state index contributed by atoms with van der Waals surface area (Å²) in [6.07, 6.45) is 0.970. The summed E-state index contributed by atoms with van der Waals surface area (Å²) in [6.45, 7) is 4.88. The van der Waals surface area contributed by atoms with Crippen LogP contribution in [0, 0.1) is 17.2 Å². The fourth-order valence-corrected chi connectivity index (χ4v) is 1.27. The SMILES string of the molecule is CC(C)CCOc1cc(Cl)ccc1C#N. The zero-order valence-corrected chi connectivity index (χ0v) is 9.71. The molecular weight excluding hydrogens is 210 g/mol. The van der Waals surface area contributed by atoms with E-state index in [1.807, 2.05) is 0 Å². The summed E-state index contributed by atoms with van der Waals surface area (Å²) in [7, 11) is 0. The molecule has 0 N–H and O–H groups in total. The molecule has 0 amide bonds. The number of nitrogens with zero attached hydrogens (tertiary/aromatic N) is 1. The van der Waals surface area contributed by atoms with Gasteiger partial charge in [-0.2, -0.15) is 5.26 Å². The van der Waals surface area contributed by atoms with Gasteiger partial charge < -0.3 is 4.74 Å². The third-order valence-electron chi connectivity index (χ3n) is 2.02. The maximum absolute atomic E-state index is 8.84. The molecule has 0 aliphatic rings. The molecule has 1 aromatic rings. The average molecular weight is 224 g/mol. The predicted molar refractivity (Wildman–Crippen MR) is 61.1 cm³/mol. The van der Waals surface area contributed by atoms with Crippen LogP contribution in [0.25, 0.3) is 0 Å². The van der Waals surface area contributed by atoms with Gasteiger partial charge >= 0.3 is 0 Å². The van der Waals surface area contributed by atoms with Gasteiger partial charge in [0.2, 0.25) is 0 Å². The van der Waals surface area contributed by atoms with Crippen molar-refractivity contribution in [1.82, 2.24) is 0 Å². The van der Waals surface area contributed by atoms with Gasteiger partial charge in [-0.1, -0.05) is 25.4 Å².